The first-order valence-electron chi connectivity index (χ1n) is 7.14. The Labute approximate surface area is 144 Å². The zero-order valence-corrected chi connectivity index (χ0v) is 13.7. The highest BCUT2D eigenvalue weighted by molar-refractivity contribution is 7.09. The fourth-order valence-corrected chi connectivity index (χ4v) is 3.06. The second-order valence-corrected chi connectivity index (χ2v) is 6.28. The van der Waals surface area contributed by atoms with Gasteiger partial charge in [0.2, 0.25) is 0 Å². The van der Waals surface area contributed by atoms with Crippen LogP contribution >= 0.6 is 11.3 Å². The molecule has 9 heteroatoms. The number of aromatic carboxylic acids is 1. The van der Waals surface area contributed by atoms with E-state index in [4.69, 9.17) is 5.11 Å². The molecule has 0 atom stereocenters. The van der Waals surface area contributed by atoms with Gasteiger partial charge in [0, 0.05) is 16.6 Å². The van der Waals surface area contributed by atoms with Crippen LogP contribution in [0.25, 0.3) is 11.3 Å². The standard InChI is InChI=1S/C16H12F3N3O2S/c1-9-5-12(15(23)24)21-22(9)7-14-20-13(8-25-14)10-3-2-4-11(6-10)16(17,18)19/h2-6,8H,7H2,1H3,(H,23,24). The van der Waals surface area contributed by atoms with E-state index in [-0.39, 0.29) is 12.2 Å². The number of hydrogen-bond donors (Lipinski definition) is 1. The lowest BCUT2D eigenvalue weighted by Gasteiger charge is -2.07. The Bertz CT molecular complexity index is 931. The van der Waals surface area contributed by atoms with Crippen LogP contribution in [-0.2, 0) is 12.7 Å². The molecular weight excluding hydrogens is 355 g/mol. The number of thiazole rings is 1. The molecule has 0 amide bonds. The topological polar surface area (TPSA) is 68.0 Å². The van der Waals surface area contributed by atoms with Gasteiger partial charge in [-0.3, -0.25) is 4.68 Å². The van der Waals surface area contributed by atoms with Crippen molar-refractivity contribution in [3.05, 3.63) is 57.7 Å². The molecule has 2 aromatic heterocycles. The summed E-state index contributed by atoms with van der Waals surface area (Å²) in [6.45, 7) is 1.98. The van der Waals surface area contributed by atoms with Crippen molar-refractivity contribution < 1.29 is 23.1 Å². The SMILES string of the molecule is Cc1cc(C(=O)O)nn1Cc1nc(-c2cccc(C(F)(F)F)c2)cs1. The molecule has 3 aromatic rings. The van der Waals surface area contributed by atoms with Crippen molar-refractivity contribution in [3.63, 3.8) is 0 Å². The Balaban J connectivity index is 1.85. The molecule has 0 aliphatic heterocycles. The van der Waals surface area contributed by atoms with Gasteiger partial charge in [0.15, 0.2) is 5.69 Å². The van der Waals surface area contributed by atoms with Gasteiger partial charge in [-0.25, -0.2) is 9.78 Å². The van der Waals surface area contributed by atoms with E-state index in [1.165, 1.54) is 28.2 Å². The molecule has 0 bridgehead atoms. The van der Waals surface area contributed by atoms with E-state index in [0.29, 0.717) is 22.0 Å². The summed E-state index contributed by atoms with van der Waals surface area (Å²) in [4.78, 5) is 15.3. The number of benzene rings is 1. The van der Waals surface area contributed by atoms with Crippen molar-refractivity contribution in [2.75, 3.05) is 0 Å². The normalized spacial score (nSPS) is 11.7. The third-order valence-corrected chi connectivity index (χ3v) is 4.36. The van der Waals surface area contributed by atoms with Crippen molar-refractivity contribution in [2.24, 2.45) is 0 Å². The van der Waals surface area contributed by atoms with Crippen LogP contribution in [-0.4, -0.2) is 25.8 Å². The lowest BCUT2D eigenvalue weighted by molar-refractivity contribution is -0.137. The molecular formula is C16H12F3N3O2S. The molecule has 5 nitrogen and oxygen atoms in total. The minimum atomic E-state index is -4.41. The molecule has 2 heterocycles. The Kier molecular flexibility index (Phi) is 4.34. The van der Waals surface area contributed by atoms with Crippen LogP contribution in [0.1, 0.15) is 26.8 Å². The van der Waals surface area contributed by atoms with E-state index in [0.717, 1.165) is 12.1 Å². The maximum Gasteiger partial charge on any atom is 0.416 e. The van der Waals surface area contributed by atoms with E-state index in [2.05, 4.69) is 10.1 Å². The van der Waals surface area contributed by atoms with Crippen LogP contribution in [0.2, 0.25) is 0 Å². The molecule has 0 fully saturated rings. The smallest absolute Gasteiger partial charge is 0.416 e. The van der Waals surface area contributed by atoms with Crippen LogP contribution in [0.5, 0.6) is 0 Å². The third-order valence-electron chi connectivity index (χ3n) is 3.52. The summed E-state index contributed by atoms with van der Waals surface area (Å²) < 4.78 is 39.9. The molecule has 0 aliphatic carbocycles. The van der Waals surface area contributed by atoms with Gasteiger partial charge in [-0.15, -0.1) is 11.3 Å². The van der Waals surface area contributed by atoms with E-state index in [1.54, 1.807) is 18.4 Å². The van der Waals surface area contributed by atoms with Crippen molar-refractivity contribution in [2.45, 2.75) is 19.6 Å². The van der Waals surface area contributed by atoms with Gasteiger partial charge in [0.1, 0.15) is 5.01 Å². The van der Waals surface area contributed by atoms with Gasteiger partial charge < -0.3 is 5.11 Å². The molecule has 0 spiro atoms. The second kappa shape index (κ2) is 6.32. The number of carboxylic acid groups (broad SMARTS) is 1. The second-order valence-electron chi connectivity index (χ2n) is 5.34. The predicted octanol–water partition coefficient (Wildman–Crippen LogP) is 4.08. The molecule has 1 N–H and O–H groups in total. The van der Waals surface area contributed by atoms with Gasteiger partial charge in [-0.1, -0.05) is 12.1 Å². The van der Waals surface area contributed by atoms with E-state index in [9.17, 15) is 18.0 Å². The van der Waals surface area contributed by atoms with Crippen molar-refractivity contribution >= 4 is 17.3 Å². The first-order valence-corrected chi connectivity index (χ1v) is 8.02. The lowest BCUT2D eigenvalue weighted by atomic mass is 10.1. The Morgan fingerprint density at radius 2 is 2.08 bits per heavy atom. The van der Waals surface area contributed by atoms with Gasteiger partial charge in [0.25, 0.3) is 0 Å². The fourth-order valence-electron chi connectivity index (χ4n) is 2.27. The minimum absolute atomic E-state index is 0.0628. The summed E-state index contributed by atoms with van der Waals surface area (Å²) in [6.07, 6.45) is -4.41. The third kappa shape index (κ3) is 3.71. The number of carbonyl (C=O) groups is 1. The zero-order chi connectivity index (χ0) is 18.2. The molecule has 0 saturated heterocycles. The number of carboxylic acids is 1. The zero-order valence-electron chi connectivity index (χ0n) is 12.9. The van der Waals surface area contributed by atoms with E-state index < -0.39 is 17.7 Å². The summed E-state index contributed by atoms with van der Waals surface area (Å²) in [5.74, 6) is -1.12. The first-order chi connectivity index (χ1) is 11.7. The molecule has 0 radical (unpaired) electrons. The molecule has 1 aromatic carbocycles. The summed E-state index contributed by atoms with van der Waals surface area (Å²) in [5.41, 5.74) is 0.684. The summed E-state index contributed by atoms with van der Waals surface area (Å²) in [7, 11) is 0. The summed E-state index contributed by atoms with van der Waals surface area (Å²) in [5, 5.41) is 15.2. The van der Waals surface area contributed by atoms with E-state index in [1.807, 2.05) is 0 Å². The molecule has 3 rings (SSSR count). The van der Waals surface area contributed by atoms with Gasteiger partial charge >= 0.3 is 12.1 Å². The number of halogens is 3. The van der Waals surface area contributed by atoms with Crippen LogP contribution in [0.4, 0.5) is 13.2 Å². The number of aromatic nitrogens is 3. The molecule has 130 valence electrons. The maximum absolute atomic E-state index is 12.8. The predicted molar refractivity (Wildman–Crippen MR) is 85.6 cm³/mol. The number of alkyl halides is 3. The molecule has 0 saturated carbocycles. The largest absolute Gasteiger partial charge is 0.476 e. The van der Waals surface area contributed by atoms with Crippen LogP contribution < -0.4 is 0 Å². The molecule has 25 heavy (non-hydrogen) atoms. The highest BCUT2D eigenvalue weighted by Crippen LogP contribution is 2.32. The monoisotopic (exact) mass is 367 g/mol. The summed E-state index contributed by atoms with van der Waals surface area (Å²) >= 11 is 1.28. The number of hydrogen-bond acceptors (Lipinski definition) is 4. The number of rotatable bonds is 4. The van der Waals surface area contributed by atoms with Crippen LogP contribution in [0.3, 0.4) is 0 Å². The Hall–Kier alpha value is -2.68. The average Bonchev–Trinajstić information content (AvgIpc) is 3.15. The molecule has 0 aliphatic rings. The van der Waals surface area contributed by atoms with Gasteiger partial charge in [0.05, 0.1) is 17.8 Å². The Morgan fingerprint density at radius 3 is 2.72 bits per heavy atom. The van der Waals surface area contributed by atoms with Crippen molar-refractivity contribution in [3.8, 4) is 11.3 Å². The number of aryl methyl sites for hydroxylation is 1. The van der Waals surface area contributed by atoms with Crippen LogP contribution in [0, 0.1) is 6.92 Å². The first kappa shape index (κ1) is 17.2. The Morgan fingerprint density at radius 1 is 1.32 bits per heavy atom. The fraction of sp³-hybridized carbons (Fsp3) is 0.188. The van der Waals surface area contributed by atoms with Gasteiger partial charge in [-0.05, 0) is 25.1 Å². The lowest BCUT2D eigenvalue weighted by Crippen LogP contribution is -2.06. The molecule has 0 unspecified atom stereocenters. The highest BCUT2D eigenvalue weighted by atomic mass is 32.1. The average molecular weight is 367 g/mol. The van der Waals surface area contributed by atoms with Crippen molar-refractivity contribution in [1.82, 2.24) is 14.8 Å². The van der Waals surface area contributed by atoms with Gasteiger partial charge in [-0.2, -0.15) is 18.3 Å². The number of nitrogens with zero attached hydrogens (tertiary/aromatic N) is 3. The van der Waals surface area contributed by atoms with Crippen LogP contribution in [0.15, 0.2) is 35.7 Å². The summed E-state index contributed by atoms with van der Waals surface area (Å²) in [6, 6.07) is 6.42. The highest BCUT2D eigenvalue weighted by Gasteiger charge is 2.30. The van der Waals surface area contributed by atoms with E-state index >= 15 is 0 Å². The quantitative estimate of drug-likeness (QED) is 0.754. The maximum atomic E-state index is 12.8. The van der Waals surface area contributed by atoms with Crippen molar-refractivity contribution in [1.29, 1.82) is 0 Å². The minimum Gasteiger partial charge on any atom is -0.476 e.